The normalized spacial score (nSPS) is 26.1. The van der Waals surface area contributed by atoms with Gasteiger partial charge in [0.25, 0.3) is 0 Å². The molecular weight excluding hydrogens is 218 g/mol. The molecule has 5 N–H and O–H groups in total. The SMILES string of the molecule is NC(CC1(CNC2(CO)CCCC2)CC1)=NO. The van der Waals surface area contributed by atoms with Crippen molar-refractivity contribution in [3.8, 4) is 0 Å². The fourth-order valence-electron chi connectivity index (χ4n) is 2.83. The fourth-order valence-corrected chi connectivity index (χ4v) is 2.83. The topological polar surface area (TPSA) is 90.9 Å². The van der Waals surface area contributed by atoms with Crippen LogP contribution in [0.25, 0.3) is 0 Å². The van der Waals surface area contributed by atoms with Crippen LogP contribution in [0, 0.1) is 5.41 Å². The molecule has 2 fully saturated rings. The second-order valence-corrected chi connectivity index (χ2v) is 5.77. The van der Waals surface area contributed by atoms with Gasteiger partial charge in [-0.3, -0.25) is 0 Å². The lowest BCUT2D eigenvalue weighted by atomic mass is 9.95. The standard InChI is InChI=1S/C12H23N3O2/c13-10(15-17)7-11(5-6-11)8-14-12(9-16)3-1-2-4-12/h14,16-17H,1-9H2,(H2,13,15). The number of aliphatic hydroxyl groups excluding tert-OH is 1. The summed E-state index contributed by atoms with van der Waals surface area (Å²) in [6.07, 6.45) is 7.40. The summed E-state index contributed by atoms with van der Waals surface area (Å²) in [6, 6.07) is 0. The largest absolute Gasteiger partial charge is 0.409 e. The van der Waals surface area contributed by atoms with Crippen LogP contribution >= 0.6 is 0 Å². The van der Waals surface area contributed by atoms with Gasteiger partial charge < -0.3 is 21.4 Å². The van der Waals surface area contributed by atoms with E-state index in [1.807, 2.05) is 0 Å². The molecule has 2 aliphatic carbocycles. The predicted molar refractivity (Wildman–Crippen MR) is 66.0 cm³/mol. The molecule has 2 rings (SSSR count). The lowest BCUT2D eigenvalue weighted by Crippen LogP contribution is -2.48. The molecule has 0 heterocycles. The van der Waals surface area contributed by atoms with Crippen LogP contribution in [0.15, 0.2) is 5.16 Å². The van der Waals surface area contributed by atoms with Gasteiger partial charge in [0.2, 0.25) is 0 Å². The number of nitrogens with zero attached hydrogens (tertiary/aromatic N) is 1. The van der Waals surface area contributed by atoms with Crippen LogP contribution in [0.5, 0.6) is 0 Å². The molecule has 2 aliphatic rings. The molecular formula is C12H23N3O2. The lowest BCUT2D eigenvalue weighted by molar-refractivity contribution is 0.157. The molecule has 0 spiro atoms. The summed E-state index contributed by atoms with van der Waals surface area (Å²) >= 11 is 0. The minimum Gasteiger partial charge on any atom is -0.409 e. The summed E-state index contributed by atoms with van der Waals surface area (Å²) in [6.45, 7) is 1.08. The Bertz CT molecular complexity index is 294. The smallest absolute Gasteiger partial charge is 0.139 e. The highest BCUT2D eigenvalue weighted by molar-refractivity contribution is 5.80. The average molecular weight is 241 g/mol. The number of rotatable bonds is 6. The van der Waals surface area contributed by atoms with Crippen LogP contribution in [0.4, 0.5) is 0 Å². The van der Waals surface area contributed by atoms with E-state index in [9.17, 15) is 5.11 Å². The van der Waals surface area contributed by atoms with Crippen LogP contribution in [0.3, 0.4) is 0 Å². The minimum absolute atomic E-state index is 0.0687. The van der Waals surface area contributed by atoms with Crippen LogP contribution in [-0.2, 0) is 0 Å². The number of hydrogen-bond acceptors (Lipinski definition) is 4. The van der Waals surface area contributed by atoms with E-state index >= 15 is 0 Å². The Balaban J connectivity index is 1.85. The number of hydrogen-bond donors (Lipinski definition) is 4. The Hall–Kier alpha value is -0.810. The summed E-state index contributed by atoms with van der Waals surface area (Å²) in [5.74, 6) is 0.314. The number of oxime groups is 1. The molecule has 0 aromatic carbocycles. The Morgan fingerprint density at radius 1 is 1.24 bits per heavy atom. The van der Waals surface area contributed by atoms with Crippen molar-refractivity contribution in [2.24, 2.45) is 16.3 Å². The van der Waals surface area contributed by atoms with E-state index in [1.165, 1.54) is 12.8 Å². The monoisotopic (exact) mass is 241 g/mol. The third-order valence-corrected chi connectivity index (χ3v) is 4.34. The number of nitrogens with one attached hydrogen (secondary N) is 1. The van der Waals surface area contributed by atoms with Gasteiger partial charge in [0.15, 0.2) is 0 Å². The predicted octanol–water partition coefficient (Wildman–Crippen LogP) is 0.798. The van der Waals surface area contributed by atoms with E-state index in [0.29, 0.717) is 12.3 Å². The average Bonchev–Trinajstić information content (AvgIpc) is 2.94. The van der Waals surface area contributed by atoms with E-state index in [0.717, 1.165) is 32.2 Å². The fraction of sp³-hybridized carbons (Fsp3) is 0.917. The van der Waals surface area contributed by atoms with Crippen molar-refractivity contribution >= 4 is 5.84 Å². The van der Waals surface area contributed by atoms with E-state index in [1.54, 1.807) is 0 Å². The lowest BCUT2D eigenvalue weighted by Gasteiger charge is -2.30. The quantitative estimate of drug-likeness (QED) is 0.239. The first kappa shape index (κ1) is 12.6. The van der Waals surface area contributed by atoms with E-state index in [4.69, 9.17) is 10.9 Å². The Morgan fingerprint density at radius 3 is 2.35 bits per heavy atom. The van der Waals surface area contributed by atoms with E-state index in [-0.39, 0.29) is 17.6 Å². The zero-order chi connectivity index (χ0) is 12.4. The molecule has 0 bridgehead atoms. The maximum atomic E-state index is 9.51. The van der Waals surface area contributed by atoms with Crippen LogP contribution in [0.1, 0.15) is 44.9 Å². The highest BCUT2D eigenvalue weighted by atomic mass is 16.4. The molecule has 0 aromatic rings. The molecule has 0 saturated heterocycles. The summed E-state index contributed by atoms with van der Waals surface area (Å²) < 4.78 is 0. The van der Waals surface area contributed by atoms with Gasteiger partial charge in [0, 0.05) is 18.5 Å². The summed E-state index contributed by atoms with van der Waals surface area (Å²) in [5.41, 5.74) is 5.67. The third-order valence-electron chi connectivity index (χ3n) is 4.34. The van der Waals surface area contributed by atoms with Crippen LogP contribution in [-0.4, -0.2) is 34.8 Å². The molecule has 17 heavy (non-hydrogen) atoms. The first-order valence-electron chi connectivity index (χ1n) is 6.46. The number of amidine groups is 1. The zero-order valence-electron chi connectivity index (χ0n) is 10.3. The Labute approximate surface area is 102 Å². The van der Waals surface area contributed by atoms with Crippen molar-refractivity contribution in [1.82, 2.24) is 5.32 Å². The molecule has 2 saturated carbocycles. The van der Waals surface area contributed by atoms with Gasteiger partial charge in [0.1, 0.15) is 5.84 Å². The second-order valence-electron chi connectivity index (χ2n) is 5.77. The van der Waals surface area contributed by atoms with E-state index < -0.39 is 0 Å². The molecule has 5 nitrogen and oxygen atoms in total. The molecule has 98 valence electrons. The highest BCUT2D eigenvalue weighted by Gasteiger charge is 2.45. The van der Waals surface area contributed by atoms with Crippen molar-refractivity contribution in [2.45, 2.75) is 50.5 Å². The second kappa shape index (κ2) is 4.82. The molecule has 5 heteroatoms. The summed E-state index contributed by atoms with van der Waals surface area (Å²) in [7, 11) is 0. The maximum absolute atomic E-state index is 9.51. The van der Waals surface area contributed by atoms with Crippen molar-refractivity contribution in [3.63, 3.8) is 0 Å². The van der Waals surface area contributed by atoms with Crippen molar-refractivity contribution in [1.29, 1.82) is 0 Å². The van der Waals surface area contributed by atoms with Gasteiger partial charge in [0.05, 0.1) is 6.61 Å². The van der Waals surface area contributed by atoms with E-state index in [2.05, 4.69) is 10.5 Å². The molecule has 0 amide bonds. The molecule has 0 unspecified atom stereocenters. The third kappa shape index (κ3) is 2.90. The number of aliphatic hydroxyl groups is 1. The zero-order valence-corrected chi connectivity index (χ0v) is 10.3. The van der Waals surface area contributed by atoms with Crippen LogP contribution in [0.2, 0.25) is 0 Å². The van der Waals surface area contributed by atoms with Crippen molar-refractivity contribution in [2.75, 3.05) is 13.2 Å². The molecule has 0 aromatic heterocycles. The van der Waals surface area contributed by atoms with Crippen LogP contribution < -0.4 is 11.1 Å². The first-order chi connectivity index (χ1) is 8.14. The van der Waals surface area contributed by atoms with Crippen molar-refractivity contribution in [3.05, 3.63) is 0 Å². The summed E-state index contributed by atoms with van der Waals surface area (Å²) in [5, 5.41) is 24.7. The van der Waals surface area contributed by atoms with Crippen molar-refractivity contribution < 1.29 is 10.3 Å². The van der Waals surface area contributed by atoms with Gasteiger partial charge in [-0.05, 0) is 31.1 Å². The van der Waals surface area contributed by atoms with Gasteiger partial charge in [-0.25, -0.2) is 0 Å². The van der Waals surface area contributed by atoms with Gasteiger partial charge in [-0.2, -0.15) is 0 Å². The Kier molecular flexibility index (Phi) is 3.58. The Morgan fingerprint density at radius 2 is 1.88 bits per heavy atom. The maximum Gasteiger partial charge on any atom is 0.139 e. The number of nitrogens with two attached hydrogens (primary N) is 1. The molecule has 0 atom stereocenters. The highest BCUT2D eigenvalue weighted by Crippen LogP contribution is 2.48. The first-order valence-corrected chi connectivity index (χ1v) is 6.46. The molecule has 0 aliphatic heterocycles. The minimum atomic E-state index is -0.0687. The summed E-state index contributed by atoms with van der Waals surface area (Å²) in [4.78, 5) is 0. The van der Waals surface area contributed by atoms with Gasteiger partial charge >= 0.3 is 0 Å². The van der Waals surface area contributed by atoms with Gasteiger partial charge in [-0.15, -0.1) is 0 Å². The van der Waals surface area contributed by atoms with Gasteiger partial charge in [-0.1, -0.05) is 18.0 Å². The molecule has 0 radical (unpaired) electrons.